The van der Waals surface area contributed by atoms with E-state index >= 15 is 0 Å². The normalized spacial score (nSPS) is 24.5. The van der Waals surface area contributed by atoms with Gasteiger partial charge in [0.25, 0.3) is 0 Å². The van der Waals surface area contributed by atoms with Gasteiger partial charge in [0.05, 0.1) is 0 Å². The molecule has 2 heteroatoms. The van der Waals surface area contributed by atoms with Gasteiger partial charge in [-0.15, -0.1) is 0 Å². The van der Waals surface area contributed by atoms with Gasteiger partial charge in [0, 0.05) is 12.1 Å². The van der Waals surface area contributed by atoms with Crippen molar-refractivity contribution < 1.29 is 0 Å². The Kier molecular flexibility index (Phi) is 3.55. The first-order chi connectivity index (χ1) is 8.03. The van der Waals surface area contributed by atoms with Crippen molar-refractivity contribution in [2.75, 3.05) is 27.2 Å². The van der Waals surface area contributed by atoms with Gasteiger partial charge < -0.3 is 10.2 Å². The van der Waals surface area contributed by atoms with Crippen molar-refractivity contribution in [2.24, 2.45) is 0 Å². The number of nitrogens with zero attached hydrogens (tertiary/aromatic N) is 1. The molecule has 2 rings (SSSR count). The lowest BCUT2D eigenvalue weighted by atomic mass is 9.86. The van der Waals surface area contributed by atoms with E-state index in [1.165, 1.54) is 23.1 Å². The number of hydrogen-bond acceptors (Lipinski definition) is 2. The van der Waals surface area contributed by atoms with Crippen molar-refractivity contribution in [3.8, 4) is 0 Å². The van der Waals surface area contributed by atoms with Crippen LogP contribution in [0.3, 0.4) is 0 Å². The summed E-state index contributed by atoms with van der Waals surface area (Å²) in [4.78, 5) is 2.40. The van der Waals surface area contributed by atoms with Crippen LogP contribution < -0.4 is 5.32 Å². The second-order valence-corrected chi connectivity index (χ2v) is 5.65. The highest BCUT2D eigenvalue weighted by atomic mass is 15.2. The van der Waals surface area contributed by atoms with Crippen LogP contribution in [-0.2, 0) is 6.42 Å². The van der Waals surface area contributed by atoms with E-state index in [1.807, 2.05) is 0 Å². The van der Waals surface area contributed by atoms with E-state index in [4.69, 9.17) is 0 Å². The topological polar surface area (TPSA) is 15.3 Å². The van der Waals surface area contributed by atoms with Crippen LogP contribution in [-0.4, -0.2) is 37.6 Å². The van der Waals surface area contributed by atoms with Gasteiger partial charge in [0.15, 0.2) is 0 Å². The Hall–Kier alpha value is -0.860. The third kappa shape index (κ3) is 2.53. The van der Waals surface area contributed by atoms with Crippen LogP contribution >= 0.6 is 0 Å². The molecule has 1 atom stereocenters. The van der Waals surface area contributed by atoms with Gasteiger partial charge in [-0.2, -0.15) is 0 Å². The molecule has 1 aliphatic rings. The first kappa shape index (κ1) is 12.6. The summed E-state index contributed by atoms with van der Waals surface area (Å²) in [7, 11) is 4.41. The van der Waals surface area contributed by atoms with Gasteiger partial charge >= 0.3 is 0 Å². The number of rotatable bonds is 3. The molecule has 1 saturated heterocycles. The monoisotopic (exact) mass is 232 g/mol. The van der Waals surface area contributed by atoms with E-state index in [-0.39, 0.29) is 0 Å². The van der Waals surface area contributed by atoms with Crippen molar-refractivity contribution in [3.63, 3.8) is 0 Å². The maximum absolute atomic E-state index is 3.51. The van der Waals surface area contributed by atoms with Crippen LogP contribution in [0.25, 0.3) is 0 Å². The predicted molar refractivity (Wildman–Crippen MR) is 73.5 cm³/mol. The van der Waals surface area contributed by atoms with Crippen molar-refractivity contribution in [2.45, 2.75) is 32.2 Å². The molecule has 1 aromatic rings. The zero-order chi connectivity index (χ0) is 12.5. The van der Waals surface area contributed by atoms with Crippen LogP contribution in [0.4, 0.5) is 0 Å². The molecule has 1 unspecified atom stereocenters. The summed E-state index contributed by atoms with van der Waals surface area (Å²) >= 11 is 0. The van der Waals surface area contributed by atoms with Gasteiger partial charge in [-0.05, 0) is 58.5 Å². The third-order valence-electron chi connectivity index (χ3n) is 4.19. The smallest absolute Gasteiger partial charge is 0.0380 e. The van der Waals surface area contributed by atoms with Crippen molar-refractivity contribution in [1.29, 1.82) is 0 Å². The van der Waals surface area contributed by atoms with E-state index in [0.717, 1.165) is 19.5 Å². The number of nitrogens with one attached hydrogen (secondary N) is 1. The standard InChI is InChI=1S/C15H24N2/c1-12-5-6-13(2)14(9-12)10-15(17(3)4)7-8-16-11-15/h5-6,9,16H,7-8,10-11H2,1-4H3. The molecule has 17 heavy (non-hydrogen) atoms. The van der Waals surface area contributed by atoms with E-state index in [1.54, 1.807) is 0 Å². The molecule has 1 fully saturated rings. The molecular formula is C15H24N2. The van der Waals surface area contributed by atoms with Crippen LogP contribution in [0, 0.1) is 13.8 Å². The van der Waals surface area contributed by atoms with Gasteiger partial charge in [0.1, 0.15) is 0 Å². The maximum atomic E-state index is 3.51. The highest BCUT2D eigenvalue weighted by Crippen LogP contribution is 2.27. The minimum Gasteiger partial charge on any atom is -0.315 e. The van der Waals surface area contributed by atoms with Gasteiger partial charge in [-0.1, -0.05) is 23.8 Å². The quantitative estimate of drug-likeness (QED) is 0.859. The molecule has 0 radical (unpaired) electrons. The van der Waals surface area contributed by atoms with E-state index < -0.39 is 0 Å². The number of aryl methyl sites for hydroxylation is 2. The Bertz CT molecular complexity index is 390. The number of hydrogen-bond donors (Lipinski definition) is 1. The Morgan fingerprint density at radius 3 is 2.65 bits per heavy atom. The molecule has 94 valence electrons. The molecule has 0 saturated carbocycles. The second-order valence-electron chi connectivity index (χ2n) is 5.65. The summed E-state index contributed by atoms with van der Waals surface area (Å²) in [5.74, 6) is 0. The molecule has 0 amide bonds. The van der Waals surface area contributed by atoms with Gasteiger partial charge in [0.2, 0.25) is 0 Å². The lowest BCUT2D eigenvalue weighted by Crippen LogP contribution is -2.48. The van der Waals surface area contributed by atoms with Crippen LogP contribution in [0.5, 0.6) is 0 Å². The fraction of sp³-hybridized carbons (Fsp3) is 0.600. The molecule has 1 heterocycles. The summed E-state index contributed by atoms with van der Waals surface area (Å²) in [6, 6.07) is 6.80. The lowest BCUT2D eigenvalue weighted by molar-refractivity contribution is 0.172. The van der Waals surface area contributed by atoms with Crippen molar-refractivity contribution in [1.82, 2.24) is 10.2 Å². The second kappa shape index (κ2) is 4.79. The average molecular weight is 232 g/mol. The van der Waals surface area contributed by atoms with E-state index in [2.05, 4.69) is 56.4 Å². The molecule has 0 aliphatic carbocycles. The van der Waals surface area contributed by atoms with E-state index in [0.29, 0.717) is 5.54 Å². The minimum absolute atomic E-state index is 0.304. The summed E-state index contributed by atoms with van der Waals surface area (Å²) in [5, 5.41) is 3.51. The molecule has 0 spiro atoms. The summed E-state index contributed by atoms with van der Waals surface area (Å²) in [5.41, 5.74) is 4.59. The average Bonchev–Trinajstić information content (AvgIpc) is 2.73. The largest absolute Gasteiger partial charge is 0.315 e. The van der Waals surface area contributed by atoms with Crippen molar-refractivity contribution in [3.05, 3.63) is 34.9 Å². The zero-order valence-corrected chi connectivity index (χ0v) is 11.5. The van der Waals surface area contributed by atoms with Crippen molar-refractivity contribution >= 4 is 0 Å². The Morgan fingerprint density at radius 1 is 1.29 bits per heavy atom. The van der Waals surface area contributed by atoms with E-state index in [9.17, 15) is 0 Å². The summed E-state index contributed by atoms with van der Waals surface area (Å²) < 4.78 is 0. The summed E-state index contributed by atoms with van der Waals surface area (Å²) in [6.07, 6.45) is 2.40. The fourth-order valence-electron chi connectivity index (χ4n) is 2.77. The summed E-state index contributed by atoms with van der Waals surface area (Å²) in [6.45, 7) is 6.65. The maximum Gasteiger partial charge on any atom is 0.0380 e. The number of benzene rings is 1. The Balaban J connectivity index is 2.26. The fourth-order valence-corrected chi connectivity index (χ4v) is 2.77. The van der Waals surface area contributed by atoms with Crippen LogP contribution in [0.1, 0.15) is 23.1 Å². The van der Waals surface area contributed by atoms with Gasteiger partial charge in [-0.3, -0.25) is 0 Å². The lowest BCUT2D eigenvalue weighted by Gasteiger charge is -2.36. The minimum atomic E-state index is 0.304. The number of likely N-dealkylation sites (N-methyl/N-ethyl adjacent to an activating group) is 1. The molecule has 1 N–H and O–H groups in total. The van der Waals surface area contributed by atoms with Gasteiger partial charge in [-0.25, -0.2) is 0 Å². The molecule has 1 aromatic carbocycles. The molecule has 0 bridgehead atoms. The predicted octanol–water partition coefficient (Wildman–Crippen LogP) is 2.14. The molecule has 2 nitrogen and oxygen atoms in total. The first-order valence-electron chi connectivity index (χ1n) is 6.48. The molecule has 0 aromatic heterocycles. The van der Waals surface area contributed by atoms with Crippen LogP contribution in [0.15, 0.2) is 18.2 Å². The Morgan fingerprint density at radius 2 is 2.06 bits per heavy atom. The third-order valence-corrected chi connectivity index (χ3v) is 4.19. The first-order valence-corrected chi connectivity index (χ1v) is 6.48. The zero-order valence-electron chi connectivity index (χ0n) is 11.5. The SMILES string of the molecule is Cc1ccc(C)c(CC2(N(C)C)CCNC2)c1. The Labute approximate surface area is 105 Å². The highest BCUT2D eigenvalue weighted by Gasteiger charge is 2.36. The molecule has 1 aliphatic heterocycles. The molecular weight excluding hydrogens is 208 g/mol. The highest BCUT2D eigenvalue weighted by molar-refractivity contribution is 5.32. The van der Waals surface area contributed by atoms with Crippen LogP contribution in [0.2, 0.25) is 0 Å².